The molecule has 2 aliphatic heterocycles. The van der Waals surface area contributed by atoms with Gasteiger partial charge < -0.3 is 4.90 Å². The Morgan fingerprint density at radius 1 is 0.929 bits per heavy atom. The predicted octanol–water partition coefficient (Wildman–Crippen LogP) is 4.50. The van der Waals surface area contributed by atoms with E-state index in [1.807, 2.05) is 11.8 Å². The molecule has 2 heterocycles. The van der Waals surface area contributed by atoms with E-state index < -0.39 is 0 Å². The molecule has 4 rings (SSSR count). The summed E-state index contributed by atoms with van der Waals surface area (Å²) in [5.74, 6) is 0. The van der Waals surface area contributed by atoms with E-state index in [1.165, 1.54) is 60.7 Å². The van der Waals surface area contributed by atoms with Gasteiger partial charge in [-0.05, 0) is 61.9 Å². The second-order valence-corrected chi connectivity index (χ2v) is 9.07. The van der Waals surface area contributed by atoms with Crippen LogP contribution in [0.4, 0.5) is 5.69 Å². The van der Waals surface area contributed by atoms with Crippen LogP contribution >= 0.6 is 11.8 Å². The Balaban J connectivity index is 1.31. The monoisotopic (exact) mass is 395 g/mol. The molecule has 150 valence electrons. The molecule has 0 aliphatic carbocycles. The second-order valence-electron chi connectivity index (χ2n) is 8.19. The zero-order chi connectivity index (χ0) is 19.3. The smallest absolute Gasteiger partial charge is 0.0396 e. The molecule has 2 aromatic rings. The molecule has 3 nitrogen and oxygen atoms in total. The topological polar surface area (TPSA) is 9.72 Å². The van der Waals surface area contributed by atoms with Crippen molar-refractivity contribution in [1.29, 1.82) is 0 Å². The summed E-state index contributed by atoms with van der Waals surface area (Å²) in [5, 5.41) is 0. The quantitative estimate of drug-likeness (QED) is 0.689. The fourth-order valence-electron chi connectivity index (χ4n) is 4.71. The number of piperidine rings is 1. The Morgan fingerprint density at radius 3 is 2.39 bits per heavy atom. The van der Waals surface area contributed by atoms with Crippen LogP contribution in [0.2, 0.25) is 0 Å². The Bertz CT molecular complexity index is 753. The maximum Gasteiger partial charge on any atom is 0.0396 e. The van der Waals surface area contributed by atoms with Crippen LogP contribution in [0.3, 0.4) is 0 Å². The first-order chi connectivity index (χ1) is 13.7. The van der Waals surface area contributed by atoms with Crippen molar-refractivity contribution in [2.24, 2.45) is 0 Å². The summed E-state index contributed by atoms with van der Waals surface area (Å²) in [6.07, 6.45) is 4.82. The Kier molecular flexibility index (Phi) is 6.61. The van der Waals surface area contributed by atoms with Gasteiger partial charge in [-0.25, -0.2) is 0 Å². The fraction of sp³-hybridized carbons (Fsp3) is 0.500. The van der Waals surface area contributed by atoms with Crippen molar-refractivity contribution in [3.05, 3.63) is 59.7 Å². The molecule has 1 unspecified atom stereocenters. The average molecular weight is 396 g/mol. The van der Waals surface area contributed by atoms with E-state index in [4.69, 9.17) is 0 Å². The van der Waals surface area contributed by atoms with E-state index in [9.17, 15) is 0 Å². The number of hydrogen-bond acceptors (Lipinski definition) is 4. The van der Waals surface area contributed by atoms with E-state index in [0.29, 0.717) is 0 Å². The molecule has 2 aromatic carbocycles. The number of para-hydroxylation sites is 1. The highest BCUT2D eigenvalue weighted by molar-refractivity contribution is 7.98. The first kappa shape index (κ1) is 19.8. The highest BCUT2D eigenvalue weighted by Crippen LogP contribution is 2.24. The van der Waals surface area contributed by atoms with Crippen molar-refractivity contribution >= 4 is 17.4 Å². The highest BCUT2D eigenvalue weighted by Gasteiger charge is 2.28. The van der Waals surface area contributed by atoms with Gasteiger partial charge in [0.1, 0.15) is 0 Å². The average Bonchev–Trinajstić information content (AvgIpc) is 2.75. The van der Waals surface area contributed by atoms with Crippen molar-refractivity contribution in [3.63, 3.8) is 0 Å². The van der Waals surface area contributed by atoms with E-state index in [0.717, 1.165) is 25.7 Å². The minimum absolute atomic E-state index is 0.721. The lowest BCUT2D eigenvalue weighted by Gasteiger charge is -2.44. The first-order valence-corrected chi connectivity index (χ1v) is 11.9. The predicted molar refractivity (Wildman–Crippen MR) is 121 cm³/mol. The molecular weight excluding hydrogens is 362 g/mol. The number of nitrogens with zero attached hydrogens (tertiary/aromatic N) is 3. The Morgan fingerprint density at radius 2 is 1.68 bits per heavy atom. The SMILES string of the molecule is CSc1ccc(CN2CCCC(N3CCN(c4ccccc4C)CC3)C2)cc1. The molecule has 0 aromatic heterocycles. The van der Waals surface area contributed by atoms with Crippen LogP contribution < -0.4 is 4.90 Å². The molecule has 0 bridgehead atoms. The molecule has 0 saturated carbocycles. The fourth-order valence-corrected chi connectivity index (χ4v) is 5.12. The Labute approximate surface area is 174 Å². The summed E-state index contributed by atoms with van der Waals surface area (Å²) < 4.78 is 0. The van der Waals surface area contributed by atoms with Gasteiger partial charge in [0.25, 0.3) is 0 Å². The lowest BCUT2D eigenvalue weighted by Crippen LogP contribution is -2.55. The molecule has 1 atom stereocenters. The van der Waals surface area contributed by atoms with Crippen LogP contribution in [0.15, 0.2) is 53.4 Å². The van der Waals surface area contributed by atoms with Crippen LogP contribution in [-0.2, 0) is 6.54 Å². The van der Waals surface area contributed by atoms with E-state index in [2.05, 4.69) is 76.4 Å². The lowest BCUT2D eigenvalue weighted by atomic mass is 10.0. The number of thioether (sulfide) groups is 1. The van der Waals surface area contributed by atoms with E-state index in [1.54, 1.807) is 0 Å². The molecule has 28 heavy (non-hydrogen) atoms. The Hall–Kier alpha value is -1.49. The standard InChI is InChI=1S/C24H33N3S/c1-20-6-3-4-8-24(20)27-16-14-26(15-17-27)22-7-5-13-25(19-22)18-21-9-11-23(28-2)12-10-21/h3-4,6,8-12,22H,5,7,13-19H2,1-2H3. The molecular formula is C24H33N3S. The second kappa shape index (κ2) is 9.34. The molecule has 4 heteroatoms. The molecule has 0 N–H and O–H groups in total. The van der Waals surface area contributed by atoms with Gasteiger partial charge in [-0.2, -0.15) is 0 Å². The number of hydrogen-bond donors (Lipinski definition) is 0. The largest absolute Gasteiger partial charge is 0.369 e. The maximum absolute atomic E-state index is 2.75. The van der Waals surface area contributed by atoms with Crippen molar-refractivity contribution < 1.29 is 0 Å². The van der Waals surface area contributed by atoms with E-state index >= 15 is 0 Å². The van der Waals surface area contributed by atoms with Gasteiger partial charge in [-0.1, -0.05) is 30.3 Å². The summed E-state index contributed by atoms with van der Waals surface area (Å²) in [6.45, 7) is 10.5. The van der Waals surface area contributed by atoms with E-state index in [-0.39, 0.29) is 0 Å². The number of aryl methyl sites for hydroxylation is 1. The third-order valence-electron chi connectivity index (χ3n) is 6.33. The van der Waals surface area contributed by atoms with Crippen molar-refractivity contribution in [1.82, 2.24) is 9.80 Å². The van der Waals surface area contributed by atoms with Gasteiger partial charge in [0.2, 0.25) is 0 Å². The van der Waals surface area contributed by atoms with Gasteiger partial charge in [-0.15, -0.1) is 11.8 Å². The first-order valence-electron chi connectivity index (χ1n) is 10.6. The zero-order valence-electron chi connectivity index (χ0n) is 17.3. The van der Waals surface area contributed by atoms with Crippen molar-refractivity contribution in [2.45, 2.75) is 37.2 Å². The molecule has 0 spiro atoms. The summed E-state index contributed by atoms with van der Waals surface area (Å²) >= 11 is 1.82. The number of likely N-dealkylation sites (tertiary alicyclic amines) is 1. The maximum atomic E-state index is 2.75. The lowest BCUT2D eigenvalue weighted by molar-refractivity contribution is 0.0887. The third-order valence-corrected chi connectivity index (χ3v) is 7.08. The van der Waals surface area contributed by atoms with Crippen LogP contribution in [0, 0.1) is 6.92 Å². The molecule has 0 radical (unpaired) electrons. The van der Waals surface area contributed by atoms with Crippen LogP contribution in [0.25, 0.3) is 0 Å². The number of benzene rings is 2. The number of anilines is 1. The molecule has 2 fully saturated rings. The third kappa shape index (κ3) is 4.73. The number of rotatable bonds is 5. The summed E-state index contributed by atoms with van der Waals surface area (Å²) in [5.41, 5.74) is 4.26. The normalized spacial score (nSPS) is 21.8. The van der Waals surface area contributed by atoms with Crippen LogP contribution in [0.1, 0.15) is 24.0 Å². The van der Waals surface area contributed by atoms with Crippen molar-refractivity contribution in [3.8, 4) is 0 Å². The van der Waals surface area contributed by atoms with Gasteiger partial charge >= 0.3 is 0 Å². The van der Waals surface area contributed by atoms with Crippen molar-refractivity contribution in [2.75, 3.05) is 50.4 Å². The number of piperazine rings is 1. The molecule has 2 saturated heterocycles. The minimum atomic E-state index is 0.721. The van der Waals surface area contributed by atoms with Gasteiger partial charge in [0.05, 0.1) is 0 Å². The van der Waals surface area contributed by atoms with Gasteiger partial charge in [0.15, 0.2) is 0 Å². The van der Waals surface area contributed by atoms with Gasteiger partial charge in [-0.3, -0.25) is 9.80 Å². The summed E-state index contributed by atoms with van der Waals surface area (Å²) in [6, 6.07) is 18.6. The van der Waals surface area contributed by atoms with Gasteiger partial charge in [0, 0.05) is 55.9 Å². The summed E-state index contributed by atoms with van der Waals surface area (Å²) in [7, 11) is 0. The van der Waals surface area contributed by atoms with Crippen LogP contribution in [0.5, 0.6) is 0 Å². The molecule has 2 aliphatic rings. The summed E-state index contributed by atoms with van der Waals surface area (Å²) in [4.78, 5) is 9.33. The minimum Gasteiger partial charge on any atom is -0.369 e. The molecule has 0 amide bonds. The van der Waals surface area contributed by atoms with Crippen LogP contribution in [-0.4, -0.2) is 61.4 Å². The highest BCUT2D eigenvalue weighted by atomic mass is 32.2. The zero-order valence-corrected chi connectivity index (χ0v) is 18.1.